The van der Waals surface area contributed by atoms with E-state index in [0.29, 0.717) is 0 Å². The van der Waals surface area contributed by atoms with Gasteiger partial charge >= 0.3 is 0 Å². The van der Waals surface area contributed by atoms with Crippen molar-refractivity contribution in [3.05, 3.63) is 29.6 Å². The van der Waals surface area contributed by atoms with Crippen molar-refractivity contribution < 1.29 is 4.39 Å². The second-order valence-corrected chi connectivity index (χ2v) is 2.21. The molecule has 0 saturated heterocycles. The lowest BCUT2D eigenvalue weighted by Gasteiger charge is -1.98. The van der Waals surface area contributed by atoms with E-state index in [2.05, 4.69) is 0 Å². The van der Waals surface area contributed by atoms with Gasteiger partial charge < -0.3 is 5.73 Å². The molecular weight excluding hydrogens is 153 g/mol. The molecule has 1 nitrogen and oxygen atoms in total. The molecule has 1 aromatic rings. The maximum Gasteiger partial charge on any atom is 0.146 e. The molecular formula is C10H16FN. The Morgan fingerprint density at radius 1 is 1.33 bits per heavy atom. The lowest BCUT2D eigenvalue weighted by molar-refractivity contribution is 0.632. The Hall–Kier alpha value is -1.05. The summed E-state index contributed by atoms with van der Waals surface area (Å²) in [5, 5.41) is 0. The van der Waals surface area contributed by atoms with Crippen molar-refractivity contribution in [2.24, 2.45) is 0 Å². The third-order valence-corrected chi connectivity index (χ3v) is 1.47. The molecule has 0 aliphatic rings. The Kier molecular flexibility index (Phi) is 5.09. The van der Waals surface area contributed by atoms with E-state index in [9.17, 15) is 4.39 Å². The van der Waals surface area contributed by atoms with Gasteiger partial charge in [0.2, 0.25) is 0 Å². The minimum Gasteiger partial charge on any atom is -0.396 e. The molecule has 0 heterocycles. The van der Waals surface area contributed by atoms with E-state index in [0.717, 1.165) is 12.0 Å². The zero-order valence-corrected chi connectivity index (χ0v) is 7.89. The van der Waals surface area contributed by atoms with Gasteiger partial charge in [-0.05, 0) is 24.1 Å². The lowest BCUT2D eigenvalue weighted by atomic mass is 10.1. The zero-order chi connectivity index (χ0) is 9.56. The minimum atomic E-state index is -0.336. The van der Waals surface area contributed by atoms with Gasteiger partial charge in [0.15, 0.2) is 0 Å². The van der Waals surface area contributed by atoms with Gasteiger partial charge in [-0.15, -0.1) is 0 Å². The van der Waals surface area contributed by atoms with Crippen molar-refractivity contribution in [2.75, 3.05) is 5.73 Å². The largest absolute Gasteiger partial charge is 0.396 e. The van der Waals surface area contributed by atoms with Crippen LogP contribution < -0.4 is 5.73 Å². The molecule has 0 spiro atoms. The van der Waals surface area contributed by atoms with Gasteiger partial charge in [0.05, 0.1) is 5.69 Å². The molecule has 0 aromatic heterocycles. The number of aryl methyl sites for hydroxylation is 1. The molecule has 68 valence electrons. The first-order valence-corrected chi connectivity index (χ1v) is 4.28. The summed E-state index contributed by atoms with van der Waals surface area (Å²) in [6.45, 7) is 6.01. The fourth-order valence-corrected chi connectivity index (χ4v) is 0.813. The second kappa shape index (κ2) is 5.58. The van der Waals surface area contributed by atoms with Crippen LogP contribution >= 0.6 is 0 Å². The van der Waals surface area contributed by atoms with E-state index < -0.39 is 0 Å². The van der Waals surface area contributed by atoms with Crippen molar-refractivity contribution in [3.8, 4) is 0 Å². The molecule has 0 aliphatic heterocycles. The maximum atomic E-state index is 12.5. The van der Waals surface area contributed by atoms with Gasteiger partial charge in [-0.25, -0.2) is 4.39 Å². The van der Waals surface area contributed by atoms with E-state index >= 15 is 0 Å². The molecule has 0 saturated carbocycles. The molecule has 0 aliphatic carbocycles. The SMILES string of the molecule is CC.CCc1ccc(F)c(N)c1. The van der Waals surface area contributed by atoms with Crippen molar-refractivity contribution in [1.82, 2.24) is 0 Å². The Balaban J connectivity index is 0.000000561. The normalized spacial score (nSPS) is 8.67. The molecule has 0 atom stereocenters. The van der Waals surface area contributed by atoms with Crippen LogP contribution in [0.5, 0.6) is 0 Å². The van der Waals surface area contributed by atoms with Crippen LogP contribution in [0, 0.1) is 5.82 Å². The third-order valence-electron chi connectivity index (χ3n) is 1.47. The Bertz CT molecular complexity index is 233. The van der Waals surface area contributed by atoms with E-state index in [1.54, 1.807) is 12.1 Å². The Morgan fingerprint density at radius 3 is 2.33 bits per heavy atom. The number of benzene rings is 1. The molecule has 0 fully saturated rings. The summed E-state index contributed by atoms with van der Waals surface area (Å²) < 4.78 is 12.5. The third kappa shape index (κ3) is 2.91. The zero-order valence-electron chi connectivity index (χ0n) is 7.89. The molecule has 0 unspecified atom stereocenters. The summed E-state index contributed by atoms with van der Waals surface area (Å²) in [7, 11) is 0. The first kappa shape index (κ1) is 11.0. The highest BCUT2D eigenvalue weighted by Crippen LogP contribution is 2.11. The molecule has 0 bridgehead atoms. The fourth-order valence-electron chi connectivity index (χ4n) is 0.813. The monoisotopic (exact) mass is 169 g/mol. The minimum absolute atomic E-state index is 0.236. The van der Waals surface area contributed by atoms with Gasteiger partial charge in [0, 0.05) is 0 Å². The average molecular weight is 169 g/mol. The molecule has 12 heavy (non-hydrogen) atoms. The van der Waals surface area contributed by atoms with Gasteiger partial charge in [-0.2, -0.15) is 0 Å². The van der Waals surface area contributed by atoms with Gasteiger partial charge in [0.1, 0.15) is 5.82 Å². The molecule has 0 amide bonds. The van der Waals surface area contributed by atoms with Gasteiger partial charge in [0.25, 0.3) is 0 Å². The van der Waals surface area contributed by atoms with Crippen LogP contribution in [0.2, 0.25) is 0 Å². The van der Waals surface area contributed by atoms with E-state index in [-0.39, 0.29) is 11.5 Å². The number of anilines is 1. The van der Waals surface area contributed by atoms with Crippen molar-refractivity contribution in [1.29, 1.82) is 0 Å². The summed E-state index contributed by atoms with van der Waals surface area (Å²) in [4.78, 5) is 0. The summed E-state index contributed by atoms with van der Waals surface area (Å²) in [6, 6.07) is 4.80. The van der Waals surface area contributed by atoms with Crippen molar-refractivity contribution in [3.63, 3.8) is 0 Å². The summed E-state index contributed by atoms with van der Waals surface area (Å²) in [6.07, 6.45) is 0.893. The summed E-state index contributed by atoms with van der Waals surface area (Å²) in [5.41, 5.74) is 6.63. The topological polar surface area (TPSA) is 26.0 Å². The molecule has 1 rings (SSSR count). The van der Waals surface area contributed by atoms with Crippen LogP contribution in [-0.2, 0) is 6.42 Å². The van der Waals surface area contributed by atoms with Crippen LogP contribution in [0.15, 0.2) is 18.2 Å². The number of nitrogen functional groups attached to an aromatic ring is 1. The highest BCUT2D eigenvalue weighted by atomic mass is 19.1. The van der Waals surface area contributed by atoms with Crippen LogP contribution in [0.3, 0.4) is 0 Å². The average Bonchev–Trinajstić information content (AvgIpc) is 2.13. The maximum absolute atomic E-state index is 12.5. The highest BCUT2D eigenvalue weighted by molar-refractivity contribution is 5.42. The number of nitrogens with two attached hydrogens (primary N) is 1. The predicted octanol–water partition coefficient (Wildman–Crippen LogP) is 3.00. The fraction of sp³-hybridized carbons (Fsp3) is 0.400. The first-order valence-electron chi connectivity index (χ1n) is 4.28. The van der Waals surface area contributed by atoms with E-state index in [1.165, 1.54) is 6.07 Å². The standard InChI is InChI=1S/C8H10FN.C2H6/c1-2-6-3-4-7(9)8(10)5-6;1-2/h3-5H,2,10H2,1H3;1-2H3. The molecule has 2 heteroatoms. The van der Waals surface area contributed by atoms with E-state index in [4.69, 9.17) is 5.73 Å². The van der Waals surface area contributed by atoms with E-state index in [1.807, 2.05) is 20.8 Å². The predicted molar refractivity (Wildman–Crippen MR) is 51.5 cm³/mol. The molecule has 0 radical (unpaired) electrons. The number of hydrogen-bond acceptors (Lipinski definition) is 1. The number of rotatable bonds is 1. The quantitative estimate of drug-likeness (QED) is 0.642. The van der Waals surface area contributed by atoms with Crippen LogP contribution in [-0.4, -0.2) is 0 Å². The van der Waals surface area contributed by atoms with Crippen LogP contribution in [0.4, 0.5) is 10.1 Å². The first-order chi connectivity index (χ1) is 5.74. The molecule has 1 aromatic carbocycles. The highest BCUT2D eigenvalue weighted by Gasteiger charge is 1.96. The van der Waals surface area contributed by atoms with Gasteiger partial charge in [-0.3, -0.25) is 0 Å². The number of hydrogen-bond donors (Lipinski definition) is 1. The molecule has 2 N–H and O–H groups in total. The smallest absolute Gasteiger partial charge is 0.146 e. The summed E-state index contributed by atoms with van der Waals surface area (Å²) in [5.74, 6) is -0.336. The van der Waals surface area contributed by atoms with Crippen LogP contribution in [0.25, 0.3) is 0 Å². The van der Waals surface area contributed by atoms with Crippen molar-refractivity contribution >= 4 is 5.69 Å². The van der Waals surface area contributed by atoms with Crippen LogP contribution in [0.1, 0.15) is 26.3 Å². The summed E-state index contributed by atoms with van der Waals surface area (Å²) >= 11 is 0. The Labute approximate surface area is 73.4 Å². The Morgan fingerprint density at radius 2 is 1.92 bits per heavy atom. The number of halogens is 1. The van der Waals surface area contributed by atoms with Gasteiger partial charge in [-0.1, -0.05) is 26.8 Å². The van der Waals surface area contributed by atoms with Crippen molar-refractivity contribution in [2.45, 2.75) is 27.2 Å². The lowest BCUT2D eigenvalue weighted by Crippen LogP contribution is -1.91. The second-order valence-electron chi connectivity index (χ2n) is 2.21.